The summed E-state index contributed by atoms with van der Waals surface area (Å²) < 4.78 is 19.8. The van der Waals surface area contributed by atoms with Crippen LogP contribution in [0.2, 0.25) is 0 Å². The van der Waals surface area contributed by atoms with Gasteiger partial charge >= 0.3 is 5.97 Å². The van der Waals surface area contributed by atoms with E-state index < -0.39 is 0 Å². The molecular weight excluding hydrogens is 280 g/mol. The number of hydrogen-bond acceptors (Lipinski definition) is 7. The molecule has 0 aromatic rings. The Kier molecular flexibility index (Phi) is 16.8. The summed E-state index contributed by atoms with van der Waals surface area (Å²) in [4.78, 5) is 10.2. The maximum atomic E-state index is 10.2. The third-order valence-corrected chi connectivity index (χ3v) is 1.67. The molecule has 0 aliphatic carbocycles. The molecule has 0 aromatic carbocycles. The maximum absolute atomic E-state index is 10.2. The number of rotatable bonds is 10. The molecule has 0 saturated carbocycles. The van der Waals surface area contributed by atoms with E-state index in [2.05, 4.69) is 0 Å². The molecule has 0 heterocycles. The van der Waals surface area contributed by atoms with Crippen molar-refractivity contribution in [2.45, 2.75) is 33.3 Å². The summed E-state index contributed by atoms with van der Waals surface area (Å²) in [7, 11) is 0. The molecule has 0 fully saturated rings. The van der Waals surface area contributed by atoms with Crippen LogP contribution in [0.15, 0.2) is 0 Å². The van der Waals surface area contributed by atoms with Gasteiger partial charge in [-0.3, -0.25) is 4.79 Å². The molecule has 0 spiro atoms. The van der Waals surface area contributed by atoms with Crippen molar-refractivity contribution in [3.63, 3.8) is 0 Å². The Balaban J connectivity index is 0. The number of aliphatic hydroxyl groups excluding tert-OH is 2. The van der Waals surface area contributed by atoms with Crippen LogP contribution in [0.25, 0.3) is 0 Å². The third-order valence-electron chi connectivity index (χ3n) is 1.67. The second-order valence-electron chi connectivity index (χ2n) is 4.99. The number of aliphatic hydroxyl groups is 2. The first-order valence-electron chi connectivity index (χ1n) is 6.98. The SMILES string of the molecule is CC(=O)OC(C)(C)C.OCCOCCOCCOCCO. The number of carbonyl (C=O) groups excluding carboxylic acids is 1. The van der Waals surface area contributed by atoms with Crippen molar-refractivity contribution in [2.24, 2.45) is 0 Å². The summed E-state index contributed by atoms with van der Waals surface area (Å²) in [5.74, 6) is -0.225. The van der Waals surface area contributed by atoms with Crippen LogP contribution in [-0.4, -0.2) is 74.6 Å². The molecule has 0 radical (unpaired) electrons. The van der Waals surface area contributed by atoms with Gasteiger partial charge in [0.2, 0.25) is 0 Å². The number of ether oxygens (including phenoxy) is 4. The van der Waals surface area contributed by atoms with Gasteiger partial charge in [-0.25, -0.2) is 0 Å². The van der Waals surface area contributed by atoms with Crippen molar-refractivity contribution in [3.8, 4) is 0 Å². The van der Waals surface area contributed by atoms with Crippen LogP contribution in [0.4, 0.5) is 0 Å². The summed E-state index contributed by atoms with van der Waals surface area (Å²) >= 11 is 0. The highest BCUT2D eigenvalue weighted by Gasteiger charge is 2.11. The Bertz CT molecular complexity index is 216. The predicted octanol–water partition coefficient (Wildman–Crippen LogP) is 0.369. The number of hydrogen-bond donors (Lipinski definition) is 2. The molecule has 0 aliphatic heterocycles. The number of esters is 1. The predicted molar refractivity (Wildman–Crippen MR) is 78.1 cm³/mol. The Morgan fingerprint density at radius 3 is 1.33 bits per heavy atom. The van der Waals surface area contributed by atoms with E-state index in [1.807, 2.05) is 20.8 Å². The summed E-state index contributed by atoms with van der Waals surface area (Å²) in [6.45, 7) is 9.70. The standard InChI is InChI=1S/C8H18O5.C6H12O2/c9-1-3-11-5-7-13-8-6-12-4-2-10;1-5(7)8-6(2,3)4/h9-10H,1-8H2;1-4H3. The second-order valence-corrected chi connectivity index (χ2v) is 4.99. The first-order chi connectivity index (χ1) is 9.83. The molecule has 21 heavy (non-hydrogen) atoms. The molecule has 0 aromatic heterocycles. The van der Waals surface area contributed by atoms with Crippen molar-refractivity contribution in [1.82, 2.24) is 0 Å². The average molecular weight is 310 g/mol. The van der Waals surface area contributed by atoms with Gasteiger partial charge in [0.1, 0.15) is 5.60 Å². The molecule has 7 nitrogen and oxygen atoms in total. The van der Waals surface area contributed by atoms with Gasteiger partial charge in [0.15, 0.2) is 0 Å². The quantitative estimate of drug-likeness (QED) is 0.444. The molecule has 0 atom stereocenters. The minimum absolute atomic E-state index is 0.0413. The summed E-state index contributed by atoms with van der Waals surface area (Å²) in [5, 5.41) is 16.7. The van der Waals surface area contributed by atoms with Gasteiger partial charge in [0.25, 0.3) is 0 Å². The van der Waals surface area contributed by atoms with E-state index in [1.54, 1.807) is 0 Å². The van der Waals surface area contributed by atoms with Crippen LogP contribution in [0.3, 0.4) is 0 Å². The second kappa shape index (κ2) is 15.7. The van der Waals surface area contributed by atoms with Gasteiger partial charge < -0.3 is 29.2 Å². The minimum Gasteiger partial charge on any atom is -0.460 e. The van der Waals surface area contributed by atoms with Gasteiger partial charge in [0, 0.05) is 6.92 Å². The van der Waals surface area contributed by atoms with Gasteiger partial charge in [0.05, 0.1) is 52.9 Å². The van der Waals surface area contributed by atoms with E-state index in [4.69, 9.17) is 29.2 Å². The van der Waals surface area contributed by atoms with E-state index in [9.17, 15) is 4.79 Å². The van der Waals surface area contributed by atoms with Crippen LogP contribution in [0, 0.1) is 0 Å². The normalized spacial score (nSPS) is 10.8. The first kappa shape index (κ1) is 22.5. The first-order valence-corrected chi connectivity index (χ1v) is 6.98. The summed E-state index contributed by atoms with van der Waals surface area (Å²) in [5.41, 5.74) is -0.328. The zero-order chi connectivity index (χ0) is 16.6. The minimum atomic E-state index is -0.328. The lowest BCUT2D eigenvalue weighted by Crippen LogP contribution is -2.21. The smallest absolute Gasteiger partial charge is 0.303 e. The van der Waals surface area contributed by atoms with Gasteiger partial charge in [-0.15, -0.1) is 0 Å². The molecule has 0 aliphatic rings. The van der Waals surface area contributed by atoms with Crippen molar-refractivity contribution < 1.29 is 34.0 Å². The van der Waals surface area contributed by atoms with E-state index in [0.29, 0.717) is 39.6 Å². The zero-order valence-electron chi connectivity index (χ0n) is 13.6. The lowest BCUT2D eigenvalue weighted by molar-refractivity contribution is -0.151. The average Bonchev–Trinajstić information content (AvgIpc) is 2.35. The van der Waals surface area contributed by atoms with Gasteiger partial charge in [-0.05, 0) is 20.8 Å². The summed E-state index contributed by atoms with van der Waals surface area (Å²) in [6, 6.07) is 0. The van der Waals surface area contributed by atoms with E-state index in [0.717, 1.165) is 0 Å². The Morgan fingerprint density at radius 1 is 0.810 bits per heavy atom. The highest BCUT2D eigenvalue weighted by atomic mass is 16.6. The molecule has 128 valence electrons. The van der Waals surface area contributed by atoms with Crippen molar-refractivity contribution in [2.75, 3.05) is 52.9 Å². The molecular formula is C14H30O7. The van der Waals surface area contributed by atoms with Crippen LogP contribution in [0.1, 0.15) is 27.7 Å². The molecule has 0 bridgehead atoms. The zero-order valence-corrected chi connectivity index (χ0v) is 13.6. The lowest BCUT2D eigenvalue weighted by atomic mass is 10.2. The van der Waals surface area contributed by atoms with Gasteiger partial charge in [-0.1, -0.05) is 0 Å². The van der Waals surface area contributed by atoms with E-state index in [1.165, 1.54) is 6.92 Å². The molecule has 2 N–H and O–H groups in total. The topological polar surface area (TPSA) is 94.5 Å². The van der Waals surface area contributed by atoms with Gasteiger partial charge in [-0.2, -0.15) is 0 Å². The molecule has 0 rings (SSSR count). The van der Waals surface area contributed by atoms with E-state index in [-0.39, 0.29) is 24.8 Å². The number of carbonyl (C=O) groups is 1. The lowest BCUT2D eigenvalue weighted by Gasteiger charge is -2.17. The highest BCUT2D eigenvalue weighted by molar-refractivity contribution is 5.66. The Hall–Kier alpha value is -0.730. The van der Waals surface area contributed by atoms with Crippen LogP contribution in [0.5, 0.6) is 0 Å². The van der Waals surface area contributed by atoms with E-state index >= 15 is 0 Å². The fraction of sp³-hybridized carbons (Fsp3) is 0.929. The van der Waals surface area contributed by atoms with Crippen molar-refractivity contribution in [3.05, 3.63) is 0 Å². The Labute approximate surface area is 127 Å². The highest BCUT2D eigenvalue weighted by Crippen LogP contribution is 2.05. The monoisotopic (exact) mass is 310 g/mol. The van der Waals surface area contributed by atoms with Crippen molar-refractivity contribution in [1.29, 1.82) is 0 Å². The third kappa shape index (κ3) is 28.2. The largest absolute Gasteiger partial charge is 0.460 e. The fourth-order valence-corrected chi connectivity index (χ4v) is 1.10. The summed E-state index contributed by atoms with van der Waals surface area (Å²) in [6.07, 6.45) is 0. The fourth-order valence-electron chi connectivity index (χ4n) is 1.10. The molecule has 0 unspecified atom stereocenters. The van der Waals surface area contributed by atoms with Crippen LogP contribution >= 0.6 is 0 Å². The molecule has 0 amide bonds. The molecule has 7 heteroatoms. The molecule has 0 saturated heterocycles. The van der Waals surface area contributed by atoms with Crippen molar-refractivity contribution >= 4 is 5.97 Å². The maximum Gasteiger partial charge on any atom is 0.303 e. The van der Waals surface area contributed by atoms with Crippen LogP contribution < -0.4 is 0 Å². The van der Waals surface area contributed by atoms with Crippen LogP contribution in [-0.2, 0) is 23.7 Å². The Morgan fingerprint density at radius 2 is 1.14 bits per heavy atom.